The van der Waals surface area contributed by atoms with Crippen LogP contribution in [0, 0.1) is 6.92 Å². The lowest BCUT2D eigenvalue weighted by Crippen LogP contribution is -2.28. The summed E-state index contributed by atoms with van der Waals surface area (Å²) in [6, 6.07) is 0. The molecule has 0 atom stereocenters. The Bertz CT molecular complexity index is 471. The van der Waals surface area contributed by atoms with E-state index in [-0.39, 0.29) is 18.1 Å². The first-order valence-corrected chi connectivity index (χ1v) is 6.97. The van der Waals surface area contributed by atoms with Gasteiger partial charge in [0.05, 0.1) is 6.61 Å². The van der Waals surface area contributed by atoms with Crippen LogP contribution in [-0.4, -0.2) is 34.8 Å². The lowest BCUT2D eigenvalue weighted by atomic mass is 10.3. The van der Waals surface area contributed by atoms with Gasteiger partial charge < -0.3 is 10.1 Å². The summed E-state index contributed by atoms with van der Waals surface area (Å²) in [6.45, 7) is 6.45. The zero-order chi connectivity index (χ0) is 14.4. The van der Waals surface area contributed by atoms with Gasteiger partial charge in [-0.05, 0) is 36.2 Å². The minimum atomic E-state index is -0.478. The summed E-state index contributed by atoms with van der Waals surface area (Å²) in [6.07, 6.45) is 0.874. The standard InChI is InChI=1S/C12H18BrN3O3/c1-4-6-14-9(17)7-16-11(13)8(3)10(15-16)12(18)19-5-2/h4-7H2,1-3H3,(H,14,17). The largest absolute Gasteiger partial charge is 0.461 e. The summed E-state index contributed by atoms with van der Waals surface area (Å²) in [5.74, 6) is -0.617. The van der Waals surface area contributed by atoms with E-state index in [9.17, 15) is 9.59 Å². The Morgan fingerprint density at radius 3 is 2.68 bits per heavy atom. The quantitative estimate of drug-likeness (QED) is 0.804. The molecule has 0 aliphatic rings. The summed E-state index contributed by atoms with van der Waals surface area (Å²) in [5, 5.41) is 6.86. The third-order valence-corrected chi connectivity index (χ3v) is 3.45. The van der Waals surface area contributed by atoms with Gasteiger partial charge in [0.25, 0.3) is 0 Å². The first-order chi connectivity index (χ1) is 9.01. The zero-order valence-corrected chi connectivity index (χ0v) is 12.9. The highest BCUT2D eigenvalue weighted by molar-refractivity contribution is 9.10. The van der Waals surface area contributed by atoms with Crippen LogP contribution in [0.2, 0.25) is 0 Å². The van der Waals surface area contributed by atoms with Gasteiger partial charge in [-0.25, -0.2) is 9.48 Å². The molecule has 106 valence electrons. The molecule has 1 aromatic rings. The average molecular weight is 332 g/mol. The second-order valence-corrected chi connectivity index (χ2v) is 4.74. The van der Waals surface area contributed by atoms with Crippen molar-refractivity contribution in [2.75, 3.05) is 13.2 Å². The van der Waals surface area contributed by atoms with Crippen LogP contribution in [0.1, 0.15) is 36.3 Å². The third kappa shape index (κ3) is 4.05. The average Bonchev–Trinajstić information content (AvgIpc) is 2.65. The van der Waals surface area contributed by atoms with Gasteiger partial charge in [-0.2, -0.15) is 5.10 Å². The predicted octanol–water partition coefficient (Wildman–Crippen LogP) is 1.66. The lowest BCUT2D eigenvalue weighted by molar-refractivity contribution is -0.121. The molecule has 0 aromatic carbocycles. The van der Waals surface area contributed by atoms with Crippen LogP contribution in [0.25, 0.3) is 0 Å². The monoisotopic (exact) mass is 331 g/mol. The van der Waals surface area contributed by atoms with E-state index in [0.29, 0.717) is 23.3 Å². The van der Waals surface area contributed by atoms with Gasteiger partial charge in [0.15, 0.2) is 5.69 Å². The molecule has 6 nitrogen and oxygen atoms in total. The number of rotatable bonds is 6. The number of amides is 1. The van der Waals surface area contributed by atoms with Crippen LogP contribution in [-0.2, 0) is 16.1 Å². The molecule has 1 heterocycles. The number of hydrogen-bond acceptors (Lipinski definition) is 4. The minimum Gasteiger partial charge on any atom is -0.461 e. The number of ether oxygens (including phenoxy) is 1. The Labute approximate surface area is 120 Å². The van der Waals surface area contributed by atoms with Crippen LogP contribution >= 0.6 is 15.9 Å². The van der Waals surface area contributed by atoms with E-state index in [1.165, 1.54) is 4.68 Å². The molecule has 0 saturated carbocycles. The molecule has 0 saturated heterocycles. The van der Waals surface area contributed by atoms with Gasteiger partial charge in [-0.15, -0.1) is 0 Å². The second kappa shape index (κ2) is 7.28. The van der Waals surface area contributed by atoms with E-state index >= 15 is 0 Å². The predicted molar refractivity (Wildman–Crippen MR) is 73.9 cm³/mol. The molecule has 1 N–H and O–H groups in total. The highest BCUT2D eigenvalue weighted by Gasteiger charge is 2.20. The maximum absolute atomic E-state index is 11.7. The molecule has 1 rings (SSSR count). The summed E-state index contributed by atoms with van der Waals surface area (Å²) < 4.78 is 6.97. The van der Waals surface area contributed by atoms with E-state index in [1.807, 2.05) is 6.92 Å². The van der Waals surface area contributed by atoms with Crippen molar-refractivity contribution in [3.05, 3.63) is 15.9 Å². The maximum Gasteiger partial charge on any atom is 0.359 e. The first kappa shape index (κ1) is 15.7. The molecular weight excluding hydrogens is 314 g/mol. The highest BCUT2D eigenvalue weighted by atomic mass is 79.9. The fourth-order valence-corrected chi connectivity index (χ4v) is 1.88. The Balaban J connectivity index is 2.83. The van der Waals surface area contributed by atoms with E-state index in [4.69, 9.17) is 4.74 Å². The minimum absolute atomic E-state index is 0.0703. The molecule has 0 radical (unpaired) electrons. The third-order valence-electron chi connectivity index (χ3n) is 2.45. The van der Waals surface area contributed by atoms with Crippen molar-refractivity contribution in [2.45, 2.75) is 33.7 Å². The van der Waals surface area contributed by atoms with Crippen molar-refractivity contribution in [3.63, 3.8) is 0 Å². The Morgan fingerprint density at radius 1 is 1.42 bits per heavy atom. The molecule has 7 heteroatoms. The zero-order valence-electron chi connectivity index (χ0n) is 11.3. The number of nitrogens with zero attached hydrogens (tertiary/aromatic N) is 2. The number of esters is 1. The van der Waals surface area contributed by atoms with Crippen molar-refractivity contribution in [1.82, 2.24) is 15.1 Å². The topological polar surface area (TPSA) is 73.2 Å². The summed E-state index contributed by atoms with van der Waals surface area (Å²) in [4.78, 5) is 23.3. The van der Waals surface area contributed by atoms with Crippen LogP contribution < -0.4 is 5.32 Å². The highest BCUT2D eigenvalue weighted by Crippen LogP contribution is 2.20. The van der Waals surface area contributed by atoms with Gasteiger partial charge in [0, 0.05) is 12.1 Å². The van der Waals surface area contributed by atoms with E-state index in [1.54, 1.807) is 13.8 Å². The summed E-state index contributed by atoms with van der Waals surface area (Å²) in [5.41, 5.74) is 0.902. The number of carbonyl (C=O) groups excluding carboxylic acids is 2. The summed E-state index contributed by atoms with van der Waals surface area (Å²) >= 11 is 3.33. The van der Waals surface area contributed by atoms with Crippen molar-refractivity contribution >= 4 is 27.8 Å². The maximum atomic E-state index is 11.7. The van der Waals surface area contributed by atoms with Crippen molar-refractivity contribution in [2.24, 2.45) is 0 Å². The molecule has 0 aliphatic carbocycles. The Kier molecular flexibility index (Phi) is 6.01. The molecule has 19 heavy (non-hydrogen) atoms. The normalized spacial score (nSPS) is 10.3. The van der Waals surface area contributed by atoms with Gasteiger partial charge >= 0.3 is 5.97 Å². The van der Waals surface area contributed by atoms with Crippen molar-refractivity contribution < 1.29 is 14.3 Å². The van der Waals surface area contributed by atoms with Gasteiger partial charge in [-0.3, -0.25) is 4.79 Å². The molecule has 0 aliphatic heterocycles. The molecule has 0 spiro atoms. The number of nitrogens with one attached hydrogen (secondary N) is 1. The van der Waals surface area contributed by atoms with Crippen LogP contribution in [0.15, 0.2) is 4.60 Å². The molecule has 1 amide bonds. The van der Waals surface area contributed by atoms with Gasteiger partial charge in [0.2, 0.25) is 5.91 Å². The SMILES string of the molecule is CCCNC(=O)Cn1nc(C(=O)OCC)c(C)c1Br. The van der Waals surface area contributed by atoms with Crippen LogP contribution in [0.3, 0.4) is 0 Å². The fraction of sp³-hybridized carbons (Fsp3) is 0.583. The van der Waals surface area contributed by atoms with E-state index in [2.05, 4.69) is 26.3 Å². The van der Waals surface area contributed by atoms with E-state index in [0.717, 1.165) is 6.42 Å². The summed E-state index contributed by atoms with van der Waals surface area (Å²) in [7, 11) is 0. The molecule has 1 aromatic heterocycles. The fourth-order valence-electron chi connectivity index (χ4n) is 1.49. The lowest BCUT2D eigenvalue weighted by Gasteiger charge is -2.04. The van der Waals surface area contributed by atoms with E-state index < -0.39 is 5.97 Å². The Morgan fingerprint density at radius 2 is 2.11 bits per heavy atom. The molecule has 0 unspecified atom stereocenters. The van der Waals surface area contributed by atoms with Crippen LogP contribution in [0.5, 0.6) is 0 Å². The Hall–Kier alpha value is -1.37. The van der Waals surface area contributed by atoms with Crippen molar-refractivity contribution in [1.29, 1.82) is 0 Å². The van der Waals surface area contributed by atoms with Crippen LogP contribution in [0.4, 0.5) is 0 Å². The smallest absolute Gasteiger partial charge is 0.359 e. The molecule has 0 bridgehead atoms. The number of hydrogen-bond donors (Lipinski definition) is 1. The number of aromatic nitrogens is 2. The molecular formula is C12H18BrN3O3. The number of carbonyl (C=O) groups is 2. The first-order valence-electron chi connectivity index (χ1n) is 6.17. The van der Waals surface area contributed by atoms with Crippen molar-refractivity contribution in [3.8, 4) is 0 Å². The molecule has 0 fully saturated rings. The second-order valence-electron chi connectivity index (χ2n) is 3.99. The van der Waals surface area contributed by atoms with Gasteiger partial charge in [-0.1, -0.05) is 6.92 Å². The van der Waals surface area contributed by atoms with Gasteiger partial charge in [0.1, 0.15) is 11.1 Å². The number of halogens is 1.